The van der Waals surface area contributed by atoms with Gasteiger partial charge in [0.2, 0.25) is 5.88 Å². The zero-order valence-corrected chi connectivity index (χ0v) is 14.5. The van der Waals surface area contributed by atoms with Gasteiger partial charge in [0.05, 0.1) is 0 Å². The Labute approximate surface area is 158 Å². The predicted octanol–water partition coefficient (Wildman–Crippen LogP) is 4.19. The van der Waals surface area contributed by atoms with Crippen molar-refractivity contribution in [1.29, 1.82) is 0 Å². The van der Waals surface area contributed by atoms with Crippen molar-refractivity contribution in [1.82, 2.24) is 15.3 Å². The molecule has 1 aromatic carbocycles. The van der Waals surface area contributed by atoms with Crippen molar-refractivity contribution in [3.05, 3.63) is 66.6 Å². The summed E-state index contributed by atoms with van der Waals surface area (Å²) in [5.74, 6) is -1.05. The number of hydrogen-bond acceptors (Lipinski definition) is 5. The van der Waals surface area contributed by atoms with Gasteiger partial charge in [0.15, 0.2) is 0 Å². The molecule has 0 atom stereocenters. The molecular weight excluding hydrogens is 375 g/mol. The number of halogens is 3. The number of carbonyl (C=O) groups excluding carboxylic acids is 1. The van der Waals surface area contributed by atoms with Gasteiger partial charge >= 0.3 is 6.36 Å². The van der Waals surface area contributed by atoms with Crippen LogP contribution in [0.3, 0.4) is 0 Å². The number of hydrogen-bond donors (Lipinski definition) is 1. The highest BCUT2D eigenvalue weighted by Crippen LogP contribution is 2.34. The van der Waals surface area contributed by atoms with Crippen LogP contribution < -0.4 is 14.8 Å². The third kappa shape index (κ3) is 4.76. The minimum atomic E-state index is -4.91. The highest BCUT2D eigenvalue weighted by atomic mass is 19.4. The van der Waals surface area contributed by atoms with Crippen LogP contribution in [0.5, 0.6) is 17.4 Å². The summed E-state index contributed by atoms with van der Waals surface area (Å²) in [6.07, 6.45) is -0.247. The Hall–Kier alpha value is -3.62. The molecule has 0 radical (unpaired) electrons. The van der Waals surface area contributed by atoms with E-state index in [1.165, 1.54) is 19.3 Å². The summed E-state index contributed by atoms with van der Waals surface area (Å²) in [4.78, 5) is 20.0. The van der Waals surface area contributed by atoms with Crippen molar-refractivity contribution < 1.29 is 27.4 Å². The topological polar surface area (TPSA) is 73.3 Å². The molecule has 0 aliphatic heterocycles. The molecule has 28 heavy (non-hydrogen) atoms. The van der Waals surface area contributed by atoms with E-state index >= 15 is 0 Å². The van der Waals surface area contributed by atoms with Gasteiger partial charge < -0.3 is 14.8 Å². The minimum Gasteiger partial charge on any atom is -0.438 e. The quantitative estimate of drug-likeness (QED) is 0.708. The molecule has 0 saturated heterocycles. The van der Waals surface area contributed by atoms with E-state index in [2.05, 4.69) is 20.0 Å². The largest absolute Gasteiger partial charge is 0.573 e. The Bertz CT molecular complexity index is 979. The summed E-state index contributed by atoms with van der Waals surface area (Å²) >= 11 is 0. The number of aromatic nitrogens is 2. The Balaban J connectivity index is 2.00. The zero-order chi connectivity index (χ0) is 20.1. The van der Waals surface area contributed by atoms with Crippen LogP contribution in [0, 0.1) is 0 Å². The fraction of sp³-hybridized carbons (Fsp3) is 0.105. The van der Waals surface area contributed by atoms with Gasteiger partial charge in [0.1, 0.15) is 11.5 Å². The molecule has 0 unspecified atom stereocenters. The summed E-state index contributed by atoms with van der Waals surface area (Å²) in [7, 11) is 1.36. The van der Waals surface area contributed by atoms with Crippen molar-refractivity contribution in [2.75, 3.05) is 7.05 Å². The average Bonchev–Trinajstić information content (AvgIpc) is 2.67. The monoisotopic (exact) mass is 389 g/mol. The normalized spacial score (nSPS) is 11.0. The fourth-order valence-electron chi connectivity index (χ4n) is 2.43. The van der Waals surface area contributed by atoms with E-state index in [-0.39, 0.29) is 17.2 Å². The first kappa shape index (κ1) is 19.2. The van der Waals surface area contributed by atoms with Crippen LogP contribution >= 0.6 is 0 Å². The Morgan fingerprint density at radius 1 is 1.04 bits per heavy atom. The van der Waals surface area contributed by atoms with Crippen LogP contribution in [-0.2, 0) is 0 Å². The highest BCUT2D eigenvalue weighted by Gasteiger charge is 2.31. The molecule has 0 bridgehead atoms. The summed E-state index contributed by atoms with van der Waals surface area (Å²) < 4.78 is 47.5. The van der Waals surface area contributed by atoms with Gasteiger partial charge in [-0.2, -0.15) is 0 Å². The lowest BCUT2D eigenvalue weighted by Crippen LogP contribution is -2.20. The first-order valence-corrected chi connectivity index (χ1v) is 8.02. The number of amides is 1. The van der Waals surface area contributed by atoms with E-state index in [0.29, 0.717) is 5.56 Å². The first-order chi connectivity index (χ1) is 13.4. The van der Waals surface area contributed by atoms with Crippen molar-refractivity contribution >= 4 is 5.91 Å². The van der Waals surface area contributed by atoms with Gasteiger partial charge in [-0.1, -0.05) is 0 Å². The predicted molar refractivity (Wildman–Crippen MR) is 94.1 cm³/mol. The number of ether oxygens (including phenoxy) is 2. The number of carbonyl (C=O) groups is 1. The summed E-state index contributed by atoms with van der Waals surface area (Å²) in [6.45, 7) is 0. The SMILES string of the molecule is CNC(=O)c1cc(Oc2ncccc2-c2ccncc2)cc(OC(F)(F)F)c1. The summed E-state index contributed by atoms with van der Waals surface area (Å²) in [6, 6.07) is 10.2. The third-order valence-corrected chi connectivity index (χ3v) is 3.58. The van der Waals surface area contributed by atoms with Crippen molar-refractivity contribution in [2.45, 2.75) is 6.36 Å². The third-order valence-electron chi connectivity index (χ3n) is 3.58. The van der Waals surface area contributed by atoms with Gasteiger partial charge in [-0.25, -0.2) is 4.98 Å². The van der Waals surface area contributed by atoms with Crippen LogP contribution in [0.1, 0.15) is 10.4 Å². The van der Waals surface area contributed by atoms with Crippen LogP contribution in [0.15, 0.2) is 61.1 Å². The summed E-state index contributed by atoms with van der Waals surface area (Å²) in [5.41, 5.74) is 1.31. The molecule has 2 heterocycles. The number of nitrogens with one attached hydrogen (secondary N) is 1. The number of pyridine rings is 2. The molecule has 0 saturated carbocycles. The number of rotatable bonds is 5. The lowest BCUT2D eigenvalue weighted by molar-refractivity contribution is -0.274. The second-order valence-corrected chi connectivity index (χ2v) is 5.51. The van der Waals surface area contributed by atoms with E-state index in [4.69, 9.17) is 4.74 Å². The molecule has 0 spiro atoms. The van der Waals surface area contributed by atoms with Crippen molar-refractivity contribution in [3.63, 3.8) is 0 Å². The van der Waals surface area contributed by atoms with Crippen LogP contribution in [0.25, 0.3) is 11.1 Å². The van der Waals surface area contributed by atoms with Crippen molar-refractivity contribution in [2.24, 2.45) is 0 Å². The van der Waals surface area contributed by atoms with E-state index < -0.39 is 18.0 Å². The van der Waals surface area contributed by atoms with E-state index in [1.807, 2.05) is 0 Å². The maximum Gasteiger partial charge on any atom is 0.573 e. The molecule has 144 valence electrons. The van der Waals surface area contributed by atoms with Gasteiger partial charge in [-0.3, -0.25) is 9.78 Å². The first-order valence-electron chi connectivity index (χ1n) is 8.02. The van der Waals surface area contributed by atoms with Gasteiger partial charge in [0, 0.05) is 42.8 Å². The standard InChI is InChI=1S/C19H14F3N3O3/c1-23-17(26)13-9-14(11-15(10-13)28-19(20,21)22)27-18-16(3-2-6-25-18)12-4-7-24-8-5-12/h2-11H,1H3,(H,23,26). The molecule has 2 aromatic heterocycles. The molecular formula is C19H14F3N3O3. The summed E-state index contributed by atoms with van der Waals surface area (Å²) in [5, 5.41) is 2.35. The lowest BCUT2D eigenvalue weighted by Gasteiger charge is -2.14. The Morgan fingerprint density at radius 3 is 2.43 bits per heavy atom. The Kier molecular flexibility index (Phi) is 5.44. The van der Waals surface area contributed by atoms with Crippen LogP contribution in [-0.4, -0.2) is 29.3 Å². The Morgan fingerprint density at radius 2 is 1.75 bits per heavy atom. The molecule has 3 rings (SSSR count). The van der Waals surface area contributed by atoms with E-state index in [9.17, 15) is 18.0 Å². The second kappa shape index (κ2) is 7.95. The van der Waals surface area contributed by atoms with Crippen molar-refractivity contribution in [3.8, 4) is 28.5 Å². The molecule has 0 aliphatic carbocycles. The number of alkyl halides is 3. The van der Waals surface area contributed by atoms with Gasteiger partial charge in [-0.05, 0) is 42.0 Å². The molecule has 9 heteroatoms. The van der Waals surface area contributed by atoms with Gasteiger partial charge in [-0.15, -0.1) is 13.2 Å². The molecule has 1 N–H and O–H groups in total. The van der Waals surface area contributed by atoms with Gasteiger partial charge in [0.25, 0.3) is 5.91 Å². The lowest BCUT2D eigenvalue weighted by atomic mass is 10.1. The molecule has 0 fully saturated rings. The van der Waals surface area contributed by atoms with E-state index in [0.717, 1.165) is 17.7 Å². The smallest absolute Gasteiger partial charge is 0.438 e. The maximum atomic E-state index is 12.6. The molecule has 3 aromatic rings. The van der Waals surface area contributed by atoms with Crippen LogP contribution in [0.2, 0.25) is 0 Å². The molecule has 6 nitrogen and oxygen atoms in total. The maximum absolute atomic E-state index is 12.6. The molecule has 1 amide bonds. The number of benzene rings is 1. The van der Waals surface area contributed by atoms with Crippen LogP contribution in [0.4, 0.5) is 13.2 Å². The minimum absolute atomic E-state index is 0.0330. The highest BCUT2D eigenvalue weighted by molar-refractivity contribution is 5.94. The number of nitrogens with zero attached hydrogens (tertiary/aromatic N) is 2. The second-order valence-electron chi connectivity index (χ2n) is 5.51. The molecule has 0 aliphatic rings. The van der Waals surface area contributed by atoms with E-state index in [1.54, 1.807) is 36.7 Å². The fourth-order valence-corrected chi connectivity index (χ4v) is 2.43. The zero-order valence-electron chi connectivity index (χ0n) is 14.5. The average molecular weight is 389 g/mol.